The Morgan fingerprint density at radius 3 is 2.24 bits per heavy atom. The average Bonchev–Trinajstić information content (AvgIpc) is 2.24. The lowest BCUT2D eigenvalue weighted by molar-refractivity contribution is -0.001000. The molecular formula is C13H22Cl2N2-2. The van der Waals surface area contributed by atoms with Crippen molar-refractivity contribution in [2.75, 3.05) is 33.7 Å². The molecule has 0 atom stereocenters. The number of rotatable bonds is 7. The van der Waals surface area contributed by atoms with Gasteiger partial charge < -0.3 is 35.0 Å². The third-order valence-corrected chi connectivity index (χ3v) is 2.39. The van der Waals surface area contributed by atoms with Gasteiger partial charge in [0.25, 0.3) is 0 Å². The maximum atomic E-state index is 3.46. The van der Waals surface area contributed by atoms with E-state index >= 15 is 0 Å². The molecule has 0 unspecified atom stereocenters. The van der Waals surface area contributed by atoms with E-state index in [4.69, 9.17) is 0 Å². The Balaban J connectivity index is 0. The van der Waals surface area contributed by atoms with E-state index in [0.29, 0.717) is 0 Å². The summed E-state index contributed by atoms with van der Waals surface area (Å²) < 4.78 is 0. The quantitative estimate of drug-likeness (QED) is 0.508. The fourth-order valence-corrected chi connectivity index (χ4v) is 1.52. The molecule has 1 aromatic carbocycles. The van der Waals surface area contributed by atoms with Crippen molar-refractivity contribution in [2.24, 2.45) is 0 Å². The van der Waals surface area contributed by atoms with Crippen LogP contribution in [0.15, 0.2) is 30.3 Å². The summed E-state index contributed by atoms with van der Waals surface area (Å²) in [5.74, 6) is 0. The molecule has 0 radical (unpaired) electrons. The zero-order valence-electron chi connectivity index (χ0n) is 10.6. The molecule has 0 saturated carbocycles. The van der Waals surface area contributed by atoms with Gasteiger partial charge in [-0.2, -0.15) is 0 Å². The van der Waals surface area contributed by atoms with Gasteiger partial charge in [0.1, 0.15) is 0 Å². The fourth-order valence-electron chi connectivity index (χ4n) is 1.52. The second-order valence-electron chi connectivity index (χ2n) is 4.14. The first-order valence-electron chi connectivity index (χ1n) is 5.68. The van der Waals surface area contributed by atoms with E-state index in [1.165, 1.54) is 18.5 Å². The predicted molar refractivity (Wildman–Crippen MR) is 66.2 cm³/mol. The molecular weight excluding hydrogens is 255 g/mol. The van der Waals surface area contributed by atoms with E-state index in [-0.39, 0.29) is 24.8 Å². The number of hydrogen-bond donors (Lipinski definition) is 1. The van der Waals surface area contributed by atoms with Crippen molar-refractivity contribution >= 4 is 0 Å². The van der Waals surface area contributed by atoms with Crippen molar-refractivity contribution in [3.63, 3.8) is 0 Å². The van der Waals surface area contributed by atoms with Gasteiger partial charge >= 0.3 is 0 Å². The van der Waals surface area contributed by atoms with Crippen molar-refractivity contribution in [3.05, 3.63) is 35.9 Å². The van der Waals surface area contributed by atoms with Crippen LogP contribution in [0.2, 0.25) is 0 Å². The Hall–Kier alpha value is -0.280. The number of nitrogens with one attached hydrogen (secondary N) is 1. The number of halogens is 2. The van der Waals surface area contributed by atoms with Crippen LogP contribution in [-0.4, -0.2) is 38.6 Å². The number of benzene rings is 1. The summed E-state index contributed by atoms with van der Waals surface area (Å²) in [5, 5.41) is 3.46. The summed E-state index contributed by atoms with van der Waals surface area (Å²) in [6.45, 7) is 3.36. The summed E-state index contributed by atoms with van der Waals surface area (Å²) in [6, 6.07) is 10.6. The molecule has 1 N–H and O–H groups in total. The summed E-state index contributed by atoms with van der Waals surface area (Å²) >= 11 is 0. The Labute approximate surface area is 118 Å². The lowest BCUT2D eigenvalue weighted by atomic mass is 10.1. The van der Waals surface area contributed by atoms with Crippen LogP contribution in [0.3, 0.4) is 0 Å². The van der Waals surface area contributed by atoms with E-state index in [1.54, 1.807) is 0 Å². The van der Waals surface area contributed by atoms with Crippen LogP contribution >= 0.6 is 0 Å². The predicted octanol–water partition coefficient (Wildman–Crippen LogP) is -4.22. The van der Waals surface area contributed by atoms with Crippen molar-refractivity contribution in [1.29, 1.82) is 0 Å². The molecule has 0 aromatic heterocycles. The number of hydrogen-bond acceptors (Lipinski definition) is 2. The van der Waals surface area contributed by atoms with Gasteiger partial charge in [-0.3, -0.25) is 0 Å². The highest BCUT2D eigenvalue weighted by Crippen LogP contribution is 1.97. The molecule has 100 valence electrons. The third-order valence-electron chi connectivity index (χ3n) is 2.39. The lowest BCUT2D eigenvalue weighted by Crippen LogP contribution is -3.00. The zero-order valence-corrected chi connectivity index (χ0v) is 12.1. The van der Waals surface area contributed by atoms with Gasteiger partial charge in [-0.1, -0.05) is 30.3 Å². The van der Waals surface area contributed by atoms with Crippen molar-refractivity contribution < 1.29 is 24.8 Å². The third kappa shape index (κ3) is 10.6. The van der Waals surface area contributed by atoms with E-state index in [9.17, 15) is 0 Å². The minimum absolute atomic E-state index is 0. The van der Waals surface area contributed by atoms with Crippen LogP contribution in [0.25, 0.3) is 0 Å². The Morgan fingerprint density at radius 2 is 1.65 bits per heavy atom. The highest BCUT2D eigenvalue weighted by atomic mass is 35.5. The molecule has 0 aliphatic rings. The first-order valence-corrected chi connectivity index (χ1v) is 5.68. The van der Waals surface area contributed by atoms with Crippen LogP contribution in [0.1, 0.15) is 12.0 Å². The topological polar surface area (TPSA) is 15.3 Å². The van der Waals surface area contributed by atoms with E-state index < -0.39 is 0 Å². The summed E-state index contributed by atoms with van der Waals surface area (Å²) in [6.07, 6.45) is 2.35. The Bertz CT molecular complexity index is 253. The normalized spacial score (nSPS) is 9.59. The largest absolute Gasteiger partial charge is 1.00 e. The van der Waals surface area contributed by atoms with E-state index in [2.05, 4.69) is 54.6 Å². The minimum atomic E-state index is 0. The van der Waals surface area contributed by atoms with Crippen molar-refractivity contribution in [1.82, 2.24) is 10.2 Å². The molecule has 0 aliphatic heterocycles. The molecule has 17 heavy (non-hydrogen) atoms. The molecule has 4 heteroatoms. The zero-order chi connectivity index (χ0) is 10.9. The van der Waals surface area contributed by atoms with E-state index in [1.807, 2.05) is 0 Å². The lowest BCUT2D eigenvalue weighted by Gasteiger charge is -2.09. The van der Waals surface area contributed by atoms with Crippen LogP contribution in [-0.2, 0) is 6.42 Å². The summed E-state index contributed by atoms with van der Waals surface area (Å²) in [7, 11) is 4.23. The summed E-state index contributed by atoms with van der Waals surface area (Å²) in [4.78, 5) is 2.22. The molecule has 0 amide bonds. The second-order valence-corrected chi connectivity index (χ2v) is 4.14. The number of nitrogens with zero attached hydrogens (tertiary/aromatic N) is 1. The molecule has 0 saturated heterocycles. The van der Waals surface area contributed by atoms with Crippen LogP contribution in [0, 0.1) is 0 Å². The van der Waals surface area contributed by atoms with Gasteiger partial charge in [-0.25, -0.2) is 0 Å². The minimum Gasteiger partial charge on any atom is -1.00 e. The molecule has 0 fully saturated rings. The van der Waals surface area contributed by atoms with Crippen molar-refractivity contribution in [2.45, 2.75) is 12.8 Å². The van der Waals surface area contributed by atoms with Crippen LogP contribution in [0.5, 0.6) is 0 Å². The van der Waals surface area contributed by atoms with E-state index in [0.717, 1.165) is 19.5 Å². The van der Waals surface area contributed by atoms with Gasteiger partial charge in [-0.15, -0.1) is 0 Å². The van der Waals surface area contributed by atoms with Gasteiger partial charge in [0, 0.05) is 0 Å². The Morgan fingerprint density at radius 1 is 1.00 bits per heavy atom. The van der Waals surface area contributed by atoms with Crippen LogP contribution < -0.4 is 30.1 Å². The molecule has 1 rings (SSSR count). The Kier molecular flexibility index (Phi) is 13.7. The molecule has 0 spiro atoms. The van der Waals surface area contributed by atoms with Crippen molar-refractivity contribution in [3.8, 4) is 0 Å². The monoisotopic (exact) mass is 276 g/mol. The fraction of sp³-hybridized carbons (Fsp3) is 0.538. The van der Waals surface area contributed by atoms with Gasteiger partial charge in [0.2, 0.25) is 0 Å². The molecule has 0 heterocycles. The molecule has 0 bridgehead atoms. The van der Waals surface area contributed by atoms with Gasteiger partial charge in [0.15, 0.2) is 0 Å². The first kappa shape index (κ1) is 19.1. The van der Waals surface area contributed by atoms with Gasteiger partial charge in [-0.05, 0) is 52.1 Å². The average molecular weight is 277 g/mol. The molecule has 1 aromatic rings. The highest BCUT2D eigenvalue weighted by Gasteiger charge is 1.92. The SMILES string of the molecule is CN(C)CCCNCCc1ccccc1.[Cl-].[Cl-]. The van der Waals surface area contributed by atoms with Gasteiger partial charge in [0.05, 0.1) is 0 Å². The summed E-state index contributed by atoms with van der Waals surface area (Å²) in [5.41, 5.74) is 1.41. The highest BCUT2D eigenvalue weighted by molar-refractivity contribution is 5.14. The molecule has 2 nitrogen and oxygen atoms in total. The standard InChI is InChI=1S/C13H22N2.2ClH/c1-15(2)12-6-10-14-11-9-13-7-4-3-5-8-13;;/h3-5,7-8,14H,6,9-12H2,1-2H3;2*1H/p-2. The maximum Gasteiger partial charge on any atom is -0.000834 e. The van der Waals surface area contributed by atoms with Crippen LogP contribution in [0.4, 0.5) is 0 Å². The molecule has 0 aliphatic carbocycles. The second kappa shape index (κ2) is 12.2. The first-order chi connectivity index (χ1) is 7.29. The smallest absolute Gasteiger partial charge is 0.000834 e. The maximum absolute atomic E-state index is 3.46.